The number of thiol groups is 1. The van der Waals surface area contributed by atoms with Crippen LogP contribution in [0.5, 0.6) is 0 Å². The maximum Gasteiger partial charge on any atom is 0.326 e. The highest BCUT2D eigenvalue weighted by Crippen LogP contribution is 2.04. The fourth-order valence-electron chi connectivity index (χ4n) is 2.33. The molecule has 0 heterocycles. The number of hydrogen-bond acceptors (Lipinski definition) is 9. The fourth-order valence-corrected chi connectivity index (χ4v) is 3.05. The monoisotopic (exact) mass is 495 g/mol. The molecule has 0 rings (SSSR count). The molecule has 32 heavy (non-hydrogen) atoms. The van der Waals surface area contributed by atoms with Gasteiger partial charge in [-0.2, -0.15) is 24.4 Å². The molecule has 0 aliphatic rings. The number of rotatable bonds is 16. The second-order valence-corrected chi connectivity index (χ2v) is 8.05. The Balaban J connectivity index is 5.19. The van der Waals surface area contributed by atoms with Crippen molar-refractivity contribution in [1.29, 1.82) is 0 Å². The number of thioether (sulfide) groups is 1. The van der Waals surface area contributed by atoms with Gasteiger partial charge in [0.2, 0.25) is 23.6 Å². The number of nitrogens with two attached hydrogens (primary N) is 2. The Bertz CT molecular complexity index is 708. The molecule has 0 spiro atoms. The lowest BCUT2D eigenvalue weighted by Gasteiger charge is -2.24. The van der Waals surface area contributed by atoms with Gasteiger partial charge in [-0.3, -0.25) is 24.0 Å². The molecule has 4 unspecified atom stereocenters. The minimum Gasteiger partial charge on any atom is -0.481 e. The van der Waals surface area contributed by atoms with Crippen molar-refractivity contribution >= 4 is 60.0 Å². The van der Waals surface area contributed by atoms with Gasteiger partial charge in [-0.15, -0.1) is 0 Å². The number of carbonyl (C=O) groups excluding carboxylic acids is 4. The molecule has 0 saturated heterocycles. The van der Waals surface area contributed by atoms with Crippen LogP contribution in [0.15, 0.2) is 0 Å². The summed E-state index contributed by atoms with van der Waals surface area (Å²) in [7, 11) is 0. The van der Waals surface area contributed by atoms with Gasteiger partial charge >= 0.3 is 11.9 Å². The van der Waals surface area contributed by atoms with E-state index in [9.17, 15) is 28.8 Å². The highest BCUT2D eigenvalue weighted by Gasteiger charge is 2.30. The van der Waals surface area contributed by atoms with Gasteiger partial charge in [-0.05, 0) is 24.9 Å². The van der Waals surface area contributed by atoms with Crippen LogP contribution in [0.3, 0.4) is 0 Å². The van der Waals surface area contributed by atoms with Gasteiger partial charge < -0.3 is 37.6 Å². The molecule has 182 valence electrons. The van der Waals surface area contributed by atoms with Crippen LogP contribution in [0, 0.1) is 0 Å². The Hall–Kier alpha value is -2.52. The highest BCUT2D eigenvalue weighted by molar-refractivity contribution is 7.98. The zero-order valence-corrected chi connectivity index (χ0v) is 19.1. The minimum atomic E-state index is -1.70. The Kier molecular flexibility index (Phi) is 14.1. The summed E-state index contributed by atoms with van der Waals surface area (Å²) in [5, 5.41) is 24.7. The van der Waals surface area contributed by atoms with Crippen molar-refractivity contribution < 1.29 is 39.0 Å². The number of aliphatic carboxylic acids is 2. The molecule has 4 amide bonds. The molecule has 15 heteroatoms. The Labute approximate surface area is 194 Å². The molecule has 4 atom stereocenters. The SMILES string of the molecule is CSCCC(NC(=O)C(N)CCC(N)=O)C(=O)NC(CS)C(=O)NC(CC(=O)O)C(=O)O. The number of amides is 4. The van der Waals surface area contributed by atoms with Crippen LogP contribution in [-0.2, 0) is 28.8 Å². The third-order valence-corrected chi connectivity index (χ3v) is 5.10. The van der Waals surface area contributed by atoms with Gasteiger partial charge in [0.05, 0.1) is 12.5 Å². The zero-order chi connectivity index (χ0) is 24.8. The number of carboxylic acids is 2. The molecule has 0 radical (unpaired) electrons. The van der Waals surface area contributed by atoms with Crippen LogP contribution in [0.1, 0.15) is 25.7 Å². The maximum absolute atomic E-state index is 12.7. The first kappa shape index (κ1) is 29.5. The summed E-state index contributed by atoms with van der Waals surface area (Å²) in [6, 6.07) is -5.14. The molecular formula is C17H29N5O8S2. The Morgan fingerprint density at radius 1 is 0.906 bits per heavy atom. The summed E-state index contributed by atoms with van der Waals surface area (Å²) in [5.41, 5.74) is 10.7. The fraction of sp³-hybridized carbons (Fsp3) is 0.647. The van der Waals surface area contributed by atoms with Gasteiger partial charge in [0.1, 0.15) is 18.1 Å². The number of hydrogen-bond donors (Lipinski definition) is 8. The van der Waals surface area contributed by atoms with Crippen molar-refractivity contribution in [3.05, 3.63) is 0 Å². The predicted octanol–water partition coefficient (Wildman–Crippen LogP) is -2.72. The molecular weight excluding hydrogens is 466 g/mol. The van der Waals surface area contributed by atoms with Crippen molar-refractivity contribution in [2.75, 3.05) is 17.8 Å². The molecule has 0 aliphatic carbocycles. The molecule has 9 N–H and O–H groups in total. The van der Waals surface area contributed by atoms with E-state index in [0.29, 0.717) is 5.75 Å². The van der Waals surface area contributed by atoms with E-state index >= 15 is 0 Å². The molecule has 0 bridgehead atoms. The van der Waals surface area contributed by atoms with Crippen LogP contribution in [0.4, 0.5) is 0 Å². The van der Waals surface area contributed by atoms with E-state index in [1.165, 1.54) is 11.8 Å². The standard InChI is InChI=1S/C17H29N5O8S2/c1-32-5-4-9(20-14(26)8(18)2-3-12(19)23)15(27)22-11(7-31)16(28)21-10(17(29)30)6-13(24)25/h8-11,31H,2-7,18H2,1H3,(H2,19,23)(H,20,26)(H,21,28)(H,22,27)(H,24,25)(H,29,30). The van der Waals surface area contributed by atoms with E-state index < -0.39 is 66.2 Å². The molecule has 13 nitrogen and oxygen atoms in total. The third-order valence-electron chi connectivity index (χ3n) is 4.09. The lowest BCUT2D eigenvalue weighted by atomic mass is 10.1. The first-order valence-electron chi connectivity index (χ1n) is 9.42. The molecule has 0 aromatic carbocycles. The summed E-state index contributed by atoms with van der Waals surface area (Å²) < 4.78 is 0. The lowest BCUT2D eigenvalue weighted by Crippen LogP contribution is -2.58. The molecule has 0 fully saturated rings. The summed E-state index contributed by atoms with van der Waals surface area (Å²) in [6.45, 7) is 0. The minimum absolute atomic E-state index is 0.0140. The van der Waals surface area contributed by atoms with Crippen molar-refractivity contribution in [1.82, 2.24) is 16.0 Å². The van der Waals surface area contributed by atoms with Crippen LogP contribution in [0.25, 0.3) is 0 Å². The summed E-state index contributed by atoms with van der Waals surface area (Å²) in [4.78, 5) is 70.0. The highest BCUT2D eigenvalue weighted by atomic mass is 32.2. The first-order chi connectivity index (χ1) is 14.9. The van der Waals surface area contributed by atoms with Crippen LogP contribution < -0.4 is 27.4 Å². The van der Waals surface area contributed by atoms with Crippen molar-refractivity contribution in [2.45, 2.75) is 49.9 Å². The normalized spacial score (nSPS) is 14.3. The van der Waals surface area contributed by atoms with Gasteiger partial charge in [-0.1, -0.05) is 0 Å². The number of primary amides is 1. The Morgan fingerprint density at radius 2 is 1.44 bits per heavy atom. The van der Waals surface area contributed by atoms with Gasteiger partial charge in [0.15, 0.2) is 0 Å². The van der Waals surface area contributed by atoms with Crippen LogP contribution >= 0.6 is 24.4 Å². The Morgan fingerprint density at radius 3 is 1.91 bits per heavy atom. The molecule has 0 aromatic rings. The largest absolute Gasteiger partial charge is 0.481 e. The first-order valence-corrected chi connectivity index (χ1v) is 11.4. The van der Waals surface area contributed by atoms with E-state index in [0.717, 1.165) is 0 Å². The third kappa shape index (κ3) is 11.8. The second-order valence-electron chi connectivity index (χ2n) is 6.70. The van der Waals surface area contributed by atoms with Crippen LogP contribution in [0.2, 0.25) is 0 Å². The maximum atomic E-state index is 12.7. The van der Waals surface area contributed by atoms with E-state index in [1.54, 1.807) is 6.26 Å². The lowest BCUT2D eigenvalue weighted by molar-refractivity contribution is -0.147. The topological polar surface area (TPSA) is 231 Å². The number of carboxylic acid groups (broad SMARTS) is 2. The van der Waals surface area contributed by atoms with E-state index in [1.807, 2.05) is 5.32 Å². The quantitative estimate of drug-likeness (QED) is 0.103. The summed E-state index contributed by atoms with van der Waals surface area (Å²) in [6.07, 6.45) is 0.996. The average molecular weight is 496 g/mol. The van der Waals surface area contributed by atoms with Gasteiger partial charge in [0, 0.05) is 12.2 Å². The summed E-state index contributed by atoms with van der Waals surface area (Å²) >= 11 is 5.37. The smallest absolute Gasteiger partial charge is 0.326 e. The summed E-state index contributed by atoms with van der Waals surface area (Å²) in [5.74, 6) is -5.74. The number of nitrogens with one attached hydrogen (secondary N) is 3. The zero-order valence-electron chi connectivity index (χ0n) is 17.4. The van der Waals surface area contributed by atoms with Crippen molar-refractivity contribution in [3.8, 4) is 0 Å². The van der Waals surface area contributed by atoms with Gasteiger partial charge in [-0.25, -0.2) is 4.79 Å². The van der Waals surface area contributed by atoms with Crippen molar-refractivity contribution in [2.24, 2.45) is 11.5 Å². The van der Waals surface area contributed by atoms with Crippen LogP contribution in [-0.4, -0.2) is 87.7 Å². The number of carbonyl (C=O) groups is 6. The second kappa shape index (κ2) is 15.3. The van der Waals surface area contributed by atoms with Gasteiger partial charge in [0.25, 0.3) is 0 Å². The average Bonchev–Trinajstić information content (AvgIpc) is 2.71. The predicted molar refractivity (Wildman–Crippen MR) is 119 cm³/mol. The van der Waals surface area contributed by atoms with Crippen molar-refractivity contribution in [3.63, 3.8) is 0 Å². The molecule has 0 aliphatic heterocycles. The molecule has 0 saturated carbocycles. The van der Waals surface area contributed by atoms with E-state index in [2.05, 4.69) is 23.3 Å². The van der Waals surface area contributed by atoms with E-state index in [4.69, 9.17) is 21.7 Å². The van der Waals surface area contributed by atoms with E-state index in [-0.39, 0.29) is 25.0 Å². The molecule has 0 aromatic heterocycles.